The number of para-hydroxylation sites is 1. The number of carbonyl (C=O) groups excluding carboxylic acids is 2. The molecule has 120 valence electrons. The number of aromatic amines is 1. The van der Waals surface area contributed by atoms with Crippen LogP contribution in [-0.4, -0.2) is 29.5 Å². The highest BCUT2D eigenvalue weighted by Crippen LogP contribution is 2.27. The molecule has 6 heteroatoms. The first-order valence-electron chi connectivity index (χ1n) is 7.50. The van der Waals surface area contributed by atoms with Gasteiger partial charge in [0.2, 0.25) is 0 Å². The summed E-state index contributed by atoms with van der Waals surface area (Å²) in [5.41, 5.74) is 2.38. The summed E-state index contributed by atoms with van der Waals surface area (Å²) in [6.45, 7) is 2.25. The van der Waals surface area contributed by atoms with Crippen molar-refractivity contribution < 1.29 is 14.3 Å². The number of ether oxygens (including phenoxy) is 1. The molecule has 0 fully saturated rings. The average Bonchev–Trinajstić information content (AvgIpc) is 3.00. The fourth-order valence-corrected chi connectivity index (χ4v) is 3.09. The van der Waals surface area contributed by atoms with Crippen molar-refractivity contribution in [2.75, 3.05) is 11.4 Å². The third kappa shape index (κ3) is 3.32. The highest BCUT2D eigenvalue weighted by molar-refractivity contribution is 9.10. The maximum Gasteiger partial charge on any atom is 0.355 e. The summed E-state index contributed by atoms with van der Waals surface area (Å²) in [7, 11) is 0. The van der Waals surface area contributed by atoms with Crippen LogP contribution < -0.4 is 4.90 Å². The summed E-state index contributed by atoms with van der Waals surface area (Å²) in [6.07, 6.45) is 2.68. The van der Waals surface area contributed by atoms with Crippen LogP contribution in [-0.2, 0) is 16.0 Å². The van der Waals surface area contributed by atoms with Crippen LogP contribution >= 0.6 is 15.9 Å². The Morgan fingerprint density at radius 2 is 2.13 bits per heavy atom. The molecule has 0 saturated carbocycles. The number of aromatic nitrogens is 1. The molecule has 1 atom stereocenters. The van der Waals surface area contributed by atoms with E-state index in [0.717, 1.165) is 28.6 Å². The Bertz CT molecular complexity index is 741. The molecule has 5 nitrogen and oxygen atoms in total. The summed E-state index contributed by atoms with van der Waals surface area (Å²) < 4.78 is 6.06. The number of nitrogens with one attached hydrogen (secondary N) is 1. The highest BCUT2D eigenvalue weighted by atomic mass is 79.9. The predicted molar refractivity (Wildman–Crippen MR) is 90.5 cm³/mol. The number of benzene rings is 1. The monoisotopic (exact) mass is 376 g/mol. The Morgan fingerprint density at radius 3 is 2.87 bits per heavy atom. The molecule has 1 unspecified atom stereocenters. The topological polar surface area (TPSA) is 62.4 Å². The minimum absolute atomic E-state index is 0.198. The normalized spacial score (nSPS) is 15.0. The lowest BCUT2D eigenvalue weighted by Gasteiger charge is -2.31. The van der Waals surface area contributed by atoms with Gasteiger partial charge in [-0.2, -0.15) is 0 Å². The molecule has 2 aromatic rings. The van der Waals surface area contributed by atoms with E-state index in [1.54, 1.807) is 24.1 Å². The van der Waals surface area contributed by atoms with Gasteiger partial charge in [-0.15, -0.1) is 0 Å². The van der Waals surface area contributed by atoms with E-state index >= 15 is 0 Å². The lowest BCUT2D eigenvalue weighted by molar-refractivity contribution is -0.126. The van der Waals surface area contributed by atoms with E-state index in [9.17, 15) is 9.59 Å². The molecule has 3 rings (SSSR count). The number of hydrogen-bond acceptors (Lipinski definition) is 3. The number of H-pyrrole nitrogens is 1. The molecule has 23 heavy (non-hydrogen) atoms. The molecule has 0 spiro atoms. The molecule has 0 saturated heterocycles. The summed E-state index contributed by atoms with van der Waals surface area (Å²) >= 11 is 3.26. The van der Waals surface area contributed by atoms with Gasteiger partial charge >= 0.3 is 5.97 Å². The van der Waals surface area contributed by atoms with Gasteiger partial charge in [-0.05, 0) is 53.4 Å². The fraction of sp³-hybridized carbons (Fsp3) is 0.294. The number of halogens is 1. The molecule has 1 aliphatic heterocycles. The van der Waals surface area contributed by atoms with Crippen molar-refractivity contribution in [3.8, 4) is 0 Å². The van der Waals surface area contributed by atoms with Gasteiger partial charge in [-0.3, -0.25) is 4.79 Å². The quantitative estimate of drug-likeness (QED) is 0.835. The van der Waals surface area contributed by atoms with Gasteiger partial charge in [-0.1, -0.05) is 18.2 Å². The summed E-state index contributed by atoms with van der Waals surface area (Å²) in [5.74, 6) is -0.738. The molecular weight excluding hydrogens is 360 g/mol. The second-order valence-corrected chi connectivity index (χ2v) is 6.42. The second kappa shape index (κ2) is 6.58. The molecule has 1 aromatic heterocycles. The smallest absolute Gasteiger partial charge is 0.355 e. The van der Waals surface area contributed by atoms with Gasteiger partial charge in [0.1, 0.15) is 5.69 Å². The first-order chi connectivity index (χ1) is 11.1. The van der Waals surface area contributed by atoms with Crippen LogP contribution in [0.2, 0.25) is 0 Å². The van der Waals surface area contributed by atoms with Crippen molar-refractivity contribution in [1.29, 1.82) is 0 Å². The second-order valence-electron chi connectivity index (χ2n) is 5.50. The fourth-order valence-electron chi connectivity index (χ4n) is 2.74. The van der Waals surface area contributed by atoms with E-state index < -0.39 is 12.1 Å². The van der Waals surface area contributed by atoms with E-state index in [1.165, 1.54) is 0 Å². The van der Waals surface area contributed by atoms with Crippen LogP contribution in [0.3, 0.4) is 0 Å². The third-order valence-electron chi connectivity index (χ3n) is 3.88. The Labute approximate surface area is 142 Å². The van der Waals surface area contributed by atoms with Crippen LogP contribution in [0, 0.1) is 0 Å². The van der Waals surface area contributed by atoms with Crippen molar-refractivity contribution in [3.63, 3.8) is 0 Å². The Balaban J connectivity index is 1.72. The standard InChI is InChI=1S/C17H17BrN2O3/c1-11(23-17(22)14-9-13(18)10-19-14)16(21)20-8-4-6-12-5-2-3-7-15(12)20/h2-3,5,7,9-11,19H,4,6,8H2,1H3. The minimum atomic E-state index is -0.837. The van der Waals surface area contributed by atoms with Gasteiger partial charge < -0.3 is 14.6 Å². The van der Waals surface area contributed by atoms with Crippen molar-refractivity contribution in [2.45, 2.75) is 25.9 Å². The third-order valence-corrected chi connectivity index (χ3v) is 4.33. The minimum Gasteiger partial charge on any atom is -0.448 e. The molecule has 2 heterocycles. The number of hydrogen-bond donors (Lipinski definition) is 1. The number of fused-ring (bicyclic) bond motifs is 1. The highest BCUT2D eigenvalue weighted by Gasteiger charge is 2.28. The molecule has 1 N–H and O–H groups in total. The predicted octanol–water partition coefficient (Wildman–Crippen LogP) is 3.30. The average molecular weight is 377 g/mol. The maximum atomic E-state index is 12.7. The summed E-state index contributed by atoms with van der Waals surface area (Å²) in [6, 6.07) is 9.47. The maximum absolute atomic E-state index is 12.7. The molecule has 1 aromatic carbocycles. The van der Waals surface area contributed by atoms with Crippen molar-refractivity contribution in [2.24, 2.45) is 0 Å². The zero-order valence-electron chi connectivity index (χ0n) is 12.7. The SMILES string of the molecule is CC(OC(=O)c1cc(Br)c[nH]1)C(=O)N1CCCc2ccccc21. The lowest BCUT2D eigenvalue weighted by atomic mass is 10.0. The number of carbonyl (C=O) groups is 2. The van der Waals surface area contributed by atoms with Gasteiger partial charge in [0.25, 0.3) is 5.91 Å². The zero-order valence-corrected chi connectivity index (χ0v) is 14.3. The molecule has 1 amide bonds. The van der Waals surface area contributed by atoms with Crippen molar-refractivity contribution in [1.82, 2.24) is 4.98 Å². The molecular formula is C17H17BrN2O3. The van der Waals surface area contributed by atoms with Gasteiger partial charge in [0.15, 0.2) is 6.10 Å². The van der Waals surface area contributed by atoms with Gasteiger partial charge in [0.05, 0.1) is 0 Å². The van der Waals surface area contributed by atoms with E-state index in [-0.39, 0.29) is 5.91 Å². The molecule has 0 aliphatic carbocycles. The Morgan fingerprint density at radius 1 is 1.35 bits per heavy atom. The number of anilines is 1. The number of nitrogens with zero attached hydrogens (tertiary/aromatic N) is 1. The van der Waals surface area contributed by atoms with Gasteiger partial charge in [0, 0.05) is 22.9 Å². The van der Waals surface area contributed by atoms with Crippen LogP contribution in [0.5, 0.6) is 0 Å². The van der Waals surface area contributed by atoms with Crippen molar-refractivity contribution >= 4 is 33.5 Å². The summed E-state index contributed by atoms with van der Waals surface area (Å²) in [5, 5.41) is 0. The van der Waals surface area contributed by atoms with E-state index in [4.69, 9.17) is 4.74 Å². The Hall–Kier alpha value is -2.08. The van der Waals surface area contributed by atoms with Crippen LogP contribution in [0.25, 0.3) is 0 Å². The lowest BCUT2D eigenvalue weighted by Crippen LogP contribution is -2.42. The summed E-state index contributed by atoms with van der Waals surface area (Å²) in [4.78, 5) is 29.2. The largest absolute Gasteiger partial charge is 0.448 e. The Kier molecular flexibility index (Phi) is 4.52. The number of rotatable bonds is 3. The van der Waals surface area contributed by atoms with E-state index in [0.29, 0.717) is 12.2 Å². The number of aryl methyl sites for hydroxylation is 1. The molecule has 0 bridgehead atoms. The van der Waals surface area contributed by atoms with Crippen molar-refractivity contribution in [3.05, 3.63) is 52.3 Å². The number of esters is 1. The first-order valence-corrected chi connectivity index (χ1v) is 8.30. The number of amides is 1. The van der Waals surface area contributed by atoms with Crippen LogP contribution in [0.4, 0.5) is 5.69 Å². The van der Waals surface area contributed by atoms with Crippen LogP contribution in [0.15, 0.2) is 41.0 Å². The van der Waals surface area contributed by atoms with E-state index in [2.05, 4.69) is 20.9 Å². The van der Waals surface area contributed by atoms with E-state index in [1.807, 2.05) is 24.3 Å². The first kappa shape index (κ1) is 15.8. The molecule has 1 aliphatic rings. The van der Waals surface area contributed by atoms with Crippen LogP contribution in [0.1, 0.15) is 29.4 Å². The van der Waals surface area contributed by atoms with Gasteiger partial charge in [-0.25, -0.2) is 4.79 Å². The molecule has 0 radical (unpaired) electrons. The zero-order chi connectivity index (χ0) is 16.4.